The molecule has 9 rings (SSSR count). The highest BCUT2D eigenvalue weighted by atomic mass is 32.2. The minimum Gasteiger partial charge on any atom is -0.455 e. The Balaban J connectivity index is 0.895. The molecule has 64 heavy (non-hydrogen) atoms. The molecule has 0 unspecified atom stereocenters. The zero-order valence-corrected chi connectivity index (χ0v) is 37.6. The molecule has 5 heterocycles. The molecule has 4 N–H and O–H groups in total. The van der Waals surface area contributed by atoms with Crippen LogP contribution in [0.5, 0.6) is 11.5 Å². The first kappa shape index (κ1) is 43.7. The number of ether oxygens (including phenoxy) is 1. The Kier molecular flexibility index (Phi) is 11.9. The van der Waals surface area contributed by atoms with E-state index in [-0.39, 0.29) is 23.0 Å². The lowest BCUT2D eigenvalue weighted by atomic mass is 9.59. The Hall–Kier alpha value is -5.58. The third-order valence-corrected chi connectivity index (χ3v) is 15.7. The van der Waals surface area contributed by atoms with Crippen molar-refractivity contribution in [2.75, 3.05) is 36.4 Å². The van der Waals surface area contributed by atoms with Gasteiger partial charge in [-0.25, -0.2) is 23.1 Å². The van der Waals surface area contributed by atoms with E-state index >= 15 is 0 Å². The number of anilines is 2. The van der Waals surface area contributed by atoms with E-state index in [2.05, 4.69) is 72.9 Å². The molecule has 2 aliphatic carbocycles. The number of aromatic nitrogens is 3. The number of aliphatic hydroxyl groups is 1. The molecule has 5 aromatic rings. The first-order valence-corrected chi connectivity index (χ1v) is 24.2. The van der Waals surface area contributed by atoms with Gasteiger partial charge in [-0.1, -0.05) is 38.1 Å². The smallest absolute Gasteiger partial charge is 0.312 e. The fraction of sp³-hybridized carbons (Fsp3) is 0.479. The van der Waals surface area contributed by atoms with Crippen LogP contribution in [0.15, 0.2) is 84.1 Å². The number of nitrogens with one attached hydrogen (secondary N) is 3. The van der Waals surface area contributed by atoms with Gasteiger partial charge in [-0.05, 0) is 130 Å². The number of amides is 1. The molecule has 1 spiro atoms. The molecule has 4 fully saturated rings. The number of H-pyrrole nitrogens is 1. The molecule has 2 saturated heterocycles. The number of hydrogen-bond donors (Lipinski definition) is 4. The van der Waals surface area contributed by atoms with Crippen LogP contribution in [0, 0.1) is 21.4 Å². The van der Waals surface area contributed by atoms with Crippen LogP contribution < -0.4 is 19.7 Å². The number of rotatable bonds is 13. The molecule has 0 radical (unpaired) electrons. The third-order valence-electron chi connectivity index (χ3n) is 14.4. The number of pyridine rings is 2. The second-order valence-corrected chi connectivity index (χ2v) is 20.8. The summed E-state index contributed by atoms with van der Waals surface area (Å²) in [7, 11) is -4.62. The summed E-state index contributed by atoms with van der Waals surface area (Å²) in [5.41, 5.74) is 3.47. The second-order valence-electron chi connectivity index (χ2n) is 19.1. The summed E-state index contributed by atoms with van der Waals surface area (Å²) in [6, 6.07) is 19.7. The number of likely N-dealkylation sites (tertiary alicyclic amines) is 1. The maximum absolute atomic E-state index is 14.0. The Morgan fingerprint density at radius 1 is 1.00 bits per heavy atom. The summed E-state index contributed by atoms with van der Waals surface area (Å²) in [4.78, 5) is 41.5. The first-order valence-electron chi connectivity index (χ1n) is 22.7. The van der Waals surface area contributed by atoms with E-state index in [4.69, 9.17) is 4.74 Å². The monoisotopic (exact) mass is 890 g/mol. The number of fused-ring (bicyclic) bond motifs is 1. The number of piperidine rings is 1. The van der Waals surface area contributed by atoms with Crippen LogP contribution in [-0.4, -0.2) is 82.0 Å². The van der Waals surface area contributed by atoms with Crippen molar-refractivity contribution in [2.45, 2.75) is 113 Å². The Labute approximate surface area is 374 Å². The SMILES string of the molecule is CC(C)c1ccccc1[C@@H]1CCCN1C1CC2(CCN(c3ccc(C(=O)NS(=O)(=O)c4cnc(NCC5CCC(C)(O)CC5)c([N+](=O)[O-])c4)c(Oc4cnc5[nH]ccc5c4)c3)CC2)C1. The number of nitro groups is 1. The van der Waals surface area contributed by atoms with Crippen LogP contribution in [-0.2, 0) is 10.0 Å². The molecule has 16 heteroatoms. The van der Waals surface area contributed by atoms with Gasteiger partial charge in [0.1, 0.15) is 22.0 Å². The van der Waals surface area contributed by atoms with Gasteiger partial charge in [0.25, 0.3) is 15.9 Å². The molecule has 338 valence electrons. The summed E-state index contributed by atoms with van der Waals surface area (Å²) < 4.78 is 35.8. The molecule has 4 aliphatic rings. The van der Waals surface area contributed by atoms with Gasteiger partial charge in [0.05, 0.1) is 28.5 Å². The van der Waals surface area contributed by atoms with E-state index in [1.165, 1.54) is 43.0 Å². The van der Waals surface area contributed by atoms with Crippen LogP contribution in [0.3, 0.4) is 0 Å². The van der Waals surface area contributed by atoms with Crippen LogP contribution in [0.25, 0.3) is 11.0 Å². The summed E-state index contributed by atoms with van der Waals surface area (Å²) in [5.74, 6) is 0.117. The minimum absolute atomic E-state index is 0.0387. The van der Waals surface area contributed by atoms with Gasteiger partial charge in [-0.3, -0.25) is 19.8 Å². The van der Waals surface area contributed by atoms with Crippen LogP contribution >= 0.6 is 0 Å². The third kappa shape index (κ3) is 9.04. The minimum atomic E-state index is -4.62. The van der Waals surface area contributed by atoms with Gasteiger partial charge in [0.2, 0.25) is 5.82 Å². The molecule has 15 nitrogen and oxygen atoms in total. The first-order chi connectivity index (χ1) is 30.7. The van der Waals surface area contributed by atoms with Crippen LogP contribution in [0.4, 0.5) is 17.2 Å². The maximum atomic E-state index is 14.0. The van der Waals surface area contributed by atoms with E-state index in [0.717, 1.165) is 68.7 Å². The van der Waals surface area contributed by atoms with Gasteiger partial charge in [0, 0.05) is 61.1 Å². The number of aromatic amines is 1. The molecule has 2 aliphatic heterocycles. The quantitative estimate of drug-likeness (QED) is 0.0649. The van der Waals surface area contributed by atoms with E-state index in [1.54, 1.807) is 31.3 Å². The lowest BCUT2D eigenvalue weighted by molar-refractivity contribution is -0.384. The van der Waals surface area contributed by atoms with Crippen molar-refractivity contribution < 1.29 is 28.0 Å². The predicted molar refractivity (Wildman–Crippen MR) is 245 cm³/mol. The highest BCUT2D eigenvalue weighted by Crippen LogP contribution is 2.54. The molecular formula is C48H58N8O7S. The van der Waals surface area contributed by atoms with Gasteiger partial charge in [-0.15, -0.1) is 0 Å². The highest BCUT2D eigenvalue weighted by Gasteiger charge is 2.50. The number of sulfonamides is 1. The summed E-state index contributed by atoms with van der Waals surface area (Å²) in [6.45, 7) is 9.57. The molecule has 2 saturated carbocycles. The molecule has 1 atom stereocenters. The van der Waals surface area contributed by atoms with Crippen molar-refractivity contribution in [2.24, 2.45) is 11.3 Å². The van der Waals surface area contributed by atoms with E-state index < -0.39 is 37.0 Å². The number of carbonyl (C=O) groups excluding carboxylic acids is 1. The fourth-order valence-electron chi connectivity index (χ4n) is 10.6. The predicted octanol–water partition coefficient (Wildman–Crippen LogP) is 8.84. The fourth-order valence-corrected chi connectivity index (χ4v) is 11.6. The Bertz CT molecular complexity index is 2640. The van der Waals surface area contributed by atoms with Gasteiger partial charge in [0.15, 0.2) is 0 Å². The van der Waals surface area contributed by atoms with Gasteiger partial charge in [-0.2, -0.15) is 0 Å². The van der Waals surface area contributed by atoms with Crippen molar-refractivity contribution >= 4 is 44.2 Å². The number of hydrogen-bond acceptors (Lipinski definition) is 12. The van der Waals surface area contributed by atoms with Crippen molar-refractivity contribution in [1.82, 2.24) is 24.6 Å². The lowest BCUT2D eigenvalue weighted by Gasteiger charge is -2.56. The van der Waals surface area contributed by atoms with E-state index in [1.807, 2.05) is 12.1 Å². The van der Waals surface area contributed by atoms with Gasteiger partial charge < -0.3 is 25.0 Å². The standard InChI is InChI=1S/C48H58N8O7S/c1-31(2)38-7-4-5-8-39(38)41-9-6-20-55(41)35-26-48(27-35)17-21-54(22-18-48)34-10-11-40(43(24-34)63-36-23-33-14-19-49-44(33)51-29-36)46(57)53-64(61,62)37-25-42(56(59)60)45(52-30-37)50-28-32-12-15-47(3,58)16-13-32/h4-5,7-8,10-11,14,19,23-25,29-32,35,41,58H,6,9,12-13,15-18,20-22,26-28H2,1-3H3,(H,49,51)(H,50,52)(H,53,57)/t32?,41-,47?/m0/s1. The normalized spacial score (nSPS) is 22.7. The summed E-state index contributed by atoms with van der Waals surface area (Å²) >= 11 is 0. The highest BCUT2D eigenvalue weighted by molar-refractivity contribution is 7.90. The van der Waals surface area contributed by atoms with E-state index in [9.17, 15) is 28.4 Å². The Morgan fingerprint density at radius 3 is 2.52 bits per heavy atom. The zero-order chi connectivity index (χ0) is 44.8. The van der Waals surface area contributed by atoms with Crippen LogP contribution in [0.2, 0.25) is 0 Å². The molecule has 0 bridgehead atoms. The molecule has 2 aromatic carbocycles. The Morgan fingerprint density at radius 2 is 1.77 bits per heavy atom. The summed E-state index contributed by atoms with van der Waals surface area (Å²) in [5, 5.41) is 26.2. The van der Waals surface area contributed by atoms with Crippen LogP contribution in [0.1, 0.15) is 118 Å². The number of nitrogens with zero attached hydrogens (tertiary/aromatic N) is 5. The molecule has 3 aromatic heterocycles. The van der Waals surface area contributed by atoms with Crippen molar-refractivity contribution in [3.05, 3.63) is 106 Å². The second kappa shape index (κ2) is 17.4. The van der Waals surface area contributed by atoms with Gasteiger partial charge >= 0.3 is 5.69 Å². The van der Waals surface area contributed by atoms with Crippen molar-refractivity contribution in [3.63, 3.8) is 0 Å². The average molecular weight is 891 g/mol. The number of benzene rings is 2. The lowest BCUT2D eigenvalue weighted by Crippen LogP contribution is -2.54. The topological polar surface area (TPSA) is 196 Å². The van der Waals surface area contributed by atoms with E-state index in [0.29, 0.717) is 54.2 Å². The molecular weight excluding hydrogens is 833 g/mol. The maximum Gasteiger partial charge on any atom is 0.312 e. The van der Waals surface area contributed by atoms with Crippen molar-refractivity contribution in [1.29, 1.82) is 0 Å². The van der Waals surface area contributed by atoms with Crippen molar-refractivity contribution in [3.8, 4) is 11.5 Å². The largest absolute Gasteiger partial charge is 0.455 e. The number of carbonyl (C=O) groups is 1. The summed E-state index contributed by atoms with van der Waals surface area (Å²) in [6.07, 6.45) is 13.9. The average Bonchev–Trinajstić information content (AvgIpc) is 3.95. The zero-order valence-electron chi connectivity index (χ0n) is 36.8. The molecule has 1 amide bonds.